The van der Waals surface area contributed by atoms with E-state index < -0.39 is 0 Å². The van der Waals surface area contributed by atoms with Crippen molar-refractivity contribution < 1.29 is 0 Å². The van der Waals surface area contributed by atoms with Gasteiger partial charge in [-0.25, -0.2) is 0 Å². The molecule has 2 N–H and O–H groups in total. The Morgan fingerprint density at radius 3 is 1.75 bits per heavy atom. The SMILES string of the molecule is CC(C)[C@H]1CCC2(C1)N[C@H](c1ccccc1)[C@@H](c1ccccc1)N2. The predicted molar refractivity (Wildman–Crippen MR) is 99.5 cm³/mol. The second-order valence-electron chi connectivity index (χ2n) is 7.89. The van der Waals surface area contributed by atoms with E-state index in [1.54, 1.807) is 0 Å². The number of rotatable bonds is 3. The zero-order valence-corrected chi connectivity index (χ0v) is 14.7. The van der Waals surface area contributed by atoms with Crippen molar-refractivity contribution >= 4 is 0 Å². The van der Waals surface area contributed by atoms with Crippen molar-refractivity contribution in [2.45, 2.75) is 50.9 Å². The lowest BCUT2D eigenvalue weighted by Gasteiger charge is -2.26. The van der Waals surface area contributed by atoms with Gasteiger partial charge in [-0.1, -0.05) is 74.5 Å². The van der Waals surface area contributed by atoms with Crippen molar-refractivity contribution in [2.24, 2.45) is 11.8 Å². The van der Waals surface area contributed by atoms with Gasteiger partial charge in [0.05, 0.1) is 17.7 Å². The highest BCUT2D eigenvalue weighted by atomic mass is 15.3. The Balaban J connectivity index is 1.66. The van der Waals surface area contributed by atoms with Crippen LogP contribution in [0.2, 0.25) is 0 Å². The number of nitrogens with one attached hydrogen (secondary N) is 2. The molecule has 1 heterocycles. The van der Waals surface area contributed by atoms with Gasteiger partial charge in [-0.05, 0) is 42.2 Å². The van der Waals surface area contributed by atoms with Crippen molar-refractivity contribution in [1.29, 1.82) is 0 Å². The molecule has 1 saturated carbocycles. The summed E-state index contributed by atoms with van der Waals surface area (Å²) in [4.78, 5) is 0. The third kappa shape index (κ3) is 2.89. The normalized spacial score (nSPS) is 28.7. The molecule has 1 aliphatic heterocycles. The second kappa shape index (κ2) is 6.34. The molecular weight excluding hydrogens is 292 g/mol. The van der Waals surface area contributed by atoms with Gasteiger partial charge in [0, 0.05) is 0 Å². The quantitative estimate of drug-likeness (QED) is 0.847. The first-order chi connectivity index (χ1) is 11.7. The van der Waals surface area contributed by atoms with Crippen LogP contribution in [0.25, 0.3) is 0 Å². The monoisotopic (exact) mass is 320 g/mol. The van der Waals surface area contributed by atoms with Crippen LogP contribution in [0.15, 0.2) is 60.7 Å². The van der Waals surface area contributed by atoms with Crippen LogP contribution in [-0.4, -0.2) is 5.66 Å². The smallest absolute Gasteiger partial charge is 0.0700 e. The predicted octanol–water partition coefficient (Wildman–Crippen LogP) is 4.81. The molecule has 2 aromatic rings. The Labute approximate surface area is 145 Å². The molecule has 2 aromatic carbocycles. The lowest BCUT2D eigenvalue weighted by molar-refractivity contribution is 0.292. The summed E-state index contributed by atoms with van der Waals surface area (Å²) in [5, 5.41) is 8.01. The van der Waals surface area contributed by atoms with Crippen LogP contribution >= 0.6 is 0 Å². The molecule has 2 heteroatoms. The third-order valence-corrected chi connectivity index (χ3v) is 6.01. The molecular formula is C22H28N2. The van der Waals surface area contributed by atoms with E-state index in [9.17, 15) is 0 Å². The molecule has 0 radical (unpaired) electrons. The Kier molecular flexibility index (Phi) is 4.19. The molecule has 0 aromatic heterocycles. The zero-order valence-electron chi connectivity index (χ0n) is 14.7. The topological polar surface area (TPSA) is 24.1 Å². The van der Waals surface area contributed by atoms with Gasteiger partial charge < -0.3 is 0 Å². The first-order valence-electron chi connectivity index (χ1n) is 9.32. The van der Waals surface area contributed by atoms with E-state index in [1.807, 2.05) is 0 Å². The highest BCUT2D eigenvalue weighted by molar-refractivity contribution is 5.31. The molecule has 24 heavy (non-hydrogen) atoms. The van der Waals surface area contributed by atoms with Gasteiger partial charge in [0.1, 0.15) is 0 Å². The lowest BCUT2D eigenvalue weighted by Crippen LogP contribution is -2.47. The molecule has 0 amide bonds. The van der Waals surface area contributed by atoms with Gasteiger partial charge in [0.25, 0.3) is 0 Å². The Morgan fingerprint density at radius 1 is 0.833 bits per heavy atom. The van der Waals surface area contributed by atoms with Gasteiger partial charge in [-0.2, -0.15) is 0 Å². The highest BCUT2D eigenvalue weighted by Crippen LogP contribution is 2.46. The summed E-state index contributed by atoms with van der Waals surface area (Å²) in [5.74, 6) is 1.58. The van der Waals surface area contributed by atoms with E-state index in [0.29, 0.717) is 12.1 Å². The fraction of sp³-hybridized carbons (Fsp3) is 0.455. The summed E-state index contributed by atoms with van der Waals surface area (Å²) in [5.41, 5.74) is 2.85. The fourth-order valence-corrected chi connectivity index (χ4v) is 4.59. The Bertz CT molecular complexity index is 617. The number of hydrogen-bond donors (Lipinski definition) is 2. The van der Waals surface area contributed by atoms with E-state index in [0.717, 1.165) is 11.8 Å². The van der Waals surface area contributed by atoms with Crippen LogP contribution in [-0.2, 0) is 0 Å². The van der Waals surface area contributed by atoms with E-state index in [2.05, 4.69) is 85.1 Å². The van der Waals surface area contributed by atoms with Crippen molar-refractivity contribution in [3.05, 3.63) is 71.8 Å². The molecule has 0 bridgehead atoms. The van der Waals surface area contributed by atoms with Gasteiger partial charge in [0.15, 0.2) is 0 Å². The second-order valence-corrected chi connectivity index (χ2v) is 7.89. The van der Waals surface area contributed by atoms with E-state index in [-0.39, 0.29) is 5.66 Å². The summed E-state index contributed by atoms with van der Waals surface area (Å²) < 4.78 is 0. The van der Waals surface area contributed by atoms with Crippen molar-refractivity contribution in [2.75, 3.05) is 0 Å². The third-order valence-electron chi connectivity index (χ3n) is 6.01. The van der Waals surface area contributed by atoms with Crippen LogP contribution in [0.3, 0.4) is 0 Å². The molecule has 2 nitrogen and oxygen atoms in total. The van der Waals surface area contributed by atoms with Gasteiger partial charge in [-0.15, -0.1) is 0 Å². The molecule has 2 aliphatic rings. The lowest BCUT2D eigenvalue weighted by atomic mass is 9.93. The summed E-state index contributed by atoms with van der Waals surface area (Å²) in [7, 11) is 0. The van der Waals surface area contributed by atoms with Crippen LogP contribution in [0.5, 0.6) is 0 Å². The Morgan fingerprint density at radius 2 is 1.33 bits per heavy atom. The summed E-state index contributed by atoms with van der Waals surface area (Å²) >= 11 is 0. The molecule has 3 atom stereocenters. The van der Waals surface area contributed by atoms with E-state index >= 15 is 0 Å². The average molecular weight is 320 g/mol. The maximum absolute atomic E-state index is 4.00. The van der Waals surface area contributed by atoms with Gasteiger partial charge >= 0.3 is 0 Å². The van der Waals surface area contributed by atoms with Crippen LogP contribution in [0.4, 0.5) is 0 Å². The van der Waals surface area contributed by atoms with Gasteiger partial charge in [0.2, 0.25) is 0 Å². The highest BCUT2D eigenvalue weighted by Gasteiger charge is 2.49. The molecule has 1 saturated heterocycles. The maximum atomic E-state index is 4.00. The molecule has 126 valence electrons. The van der Waals surface area contributed by atoms with Gasteiger partial charge in [-0.3, -0.25) is 10.6 Å². The van der Waals surface area contributed by atoms with Crippen LogP contribution < -0.4 is 10.6 Å². The maximum Gasteiger partial charge on any atom is 0.0700 e. The summed E-state index contributed by atoms with van der Waals surface area (Å²) in [6, 6.07) is 22.5. The molecule has 1 aliphatic carbocycles. The molecule has 1 spiro atoms. The summed E-state index contributed by atoms with van der Waals surface area (Å²) in [6.07, 6.45) is 3.78. The molecule has 4 rings (SSSR count). The molecule has 0 unspecified atom stereocenters. The molecule has 2 fully saturated rings. The average Bonchev–Trinajstić information content (AvgIpc) is 3.21. The largest absolute Gasteiger partial charge is 0.290 e. The summed E-state index contributed by atoms with van der Waals surface area (Å²) in [6.45, 7) is 4.73. The van der Waals surface area contributed by atoms with E-state index in [4.69, 9.17) is 0 Å². The minimum Gasteiger partial charge on any atom is -0.290 e. The van der Waals surface area contributed by atoms with E-state index in [1.165, 1.54) is 30.4 Å². The minimum atomic E-state index is 0.0932. The fourth-order valence-electron chi connectivity index (χ4n) is 4.59. The van der Waals surface area contributed by atoms with Crippen molar-refractivity contribution in [3.8, 4) is 0 Å². The van der Waals surface area contributed by atoms with Crippen molar-refractivity contribution in [3.63, 3.8) is 0 Å². The van der Waals surface area contributed by atoms with Crippen LogP contribution in [0, 0.1) is 11.8 Å². The zero-order chi connectivity index (χ0) is 16.6. The van der Waals surface area contributed by atoms with Crippen LogP contribution in [0.1, 0.15) is 56.3 Å². The standard InChI is InChI=1S/C22H28N2/c1-16(2)19-13-14-22(15-19)23-20(17-9-5-3-6-10-17)21(24-22)18-11-7-4-8-12-18/h3-12,16,19-21,23-24H,13-15H2,1-2H3/t19-,20+,21+/m0/s1. The first kappa shape index (κ1) is 15.9. The number of benzene rings is 2. The first-order valence-corrected chi connectivity index (χ1v) is 9.32. The minimum absolute atomic E-state index is 0.0932. The Hall–Kier alpha value is -1.64. The number of hydrogen-bond acceptors (Lipinski definition) is 2. The van der Waals surface area contributed by atoms with Crippen molar-refractivity contribution in [1.82, 2.24) is 10.6 Å².